The van der Waals surface area contributed by atoms with Gasteiger partial charge >= 0.3 is 0 Å². The molecule has 7 nitrogen and oxygen atoms in total. The molecular formula is C26H30FN3O4. The molecule has 0 saturated carbocycles. The molecule has 1 aliphatic heterocycles. The van der Waals surface area contributed by atoms with Gasteiger partial charge in [0.2, 0.25) is 5.88 Å². The van der Waals surface area contributed by atoms with Gasteiger partial charge in [0.05, 0.1) is 38.0 Å². The van der Waals surface area contributed by atoms with Crippen molar-refractivity contribution in [1.29, 1.82) is 0 Å². The van der Waals surface area contributed by atoms with Crippen LogP contribution in [0.1, 0.15) is 36.2 Å². The number of nitrogens with zero attached hydrogens (tertiary/aromatic N) is 3. The average molecular weight is 468 g/mol. The second-order valence-corrected chi connectivity index (χ2v) is 8.31. The van der Waals surface area contributed by atoms with Crippen molar-refractivity contribution in [2.24, 2.45) is 0 Å². The minimum atomic E-state index is -0.324. The van der Waals surface area contributed by atoms with Gasteiger partial charge < -0.3 is 23.8 Å². The zero-order valence-electron chi connectivity index (χ0n) is 19.8. The van der Waals surface area contributed by atoms with Crippen LogP contribution < -0.4 is 9.64 Å². The Morgan fingerprint density at radius 1 is 1.18 bits per heavy atom. The summed E-state index contributed by atoms with van der Waals surface area (Å²) in [5.74, 6) is 0.683. The van der Waals surface area contributed by atoms with E-state index in [-0.39, 0.29) is 24.3 Å². The lowest BCUT2D eigenvalue weighted by atomic mass is 10.0. The third kappa shape index (κ3) is 4.92. The summed E-state index contributed by atoms with van der Waals surface area (Å²) in [5.41, 5.74) is 2.62. The van der Waals surface area contributed by atoms with Gasteiger partial charge in [-0.15, -0.1) is 0 Å². The fraction of sp³-hybridized carbons (Fsp3) is 0.385. The average Bonchev–Trinajstić information content (AvgIpc) is 3.30. The first-order valence-corrected chi connectivity index (χ1v) is 11.5. The van der Waals surface area contributed by atoms with E-state index in [1.54, 1.807) is 31.4 Å². The molecule has 1 aromatic heterocycles. The van der Waals surface area contributed by atoms with Crippen LogP contribution in [0.15, 0.2) is 53.1 Å². The van der Waals surface area contributed by atoms with Crippen molar-refractivity contribution in [1.82, 2.24) is 10.1 Å². The highest BCUT2D eigenvalue weighted by atomic mass is 19.1. The lowest BCUT2D eigenvalue weighted by Crippen LogP contribution is -2.40. The molecule has 2 heterocycles. The van der Waals surface area contributed by atoms with Crippen LogP contribution in [-0.2, 0) is 11.3 Å². The van der Waals surface area contributed by atoms with Crippen LogP contribution in [0.25, 0.3) is 11.3 Å². The highest BCUT2D eigenvalue weighted by Crippen LogP contribution is 2.34. The van der Waals surface area contributed by atoms with Crippen LogP contribution in [0.3, 0.4) is 0 Å². The predicted molar refractivity (Wildman–Crippen MR) is 128 cm³/mol. The van der Waals surface area contributed by atoms with Crippen LogP contribution >= 0.6 is 0 Å². The number of carbonyl (C=O) groups excluding carboxylic acids is 1. The molecule has 34 heavy (non-hydrogen) atoms. The zero-order chi connectivity index (χ0) is 24.1. The maximum atomic E-state index is 13.7. The standard InChI is InChI=1S/C26H30FN3O4/c1-4-18(2)30(25(31)21-7-5-6-8-23(21)32-3)17-22-24(19-9-11-20(27)12-10-19)28-34-26(22)29-13-15-33-16-14-29/h5-12,18H,4,13-17H2,1-3H3. The Balaban J connectivity index is 1.77. The first-order chi connectivity index (χ1) is 16.5. The molecule has 1 atom stereocenters. The maximum Gasteiger partial charge on any atom is 0.258 e. The lowest BCUT2D eigenvalue weighted by molar-refractivity contribution is 0.0668. The van der Waals surface area contributed by atoms with E-state index in [4.69, 9.17) is 14.0 Å². The smallest absolute Gasteiger partial charge is 0.258 e. The van der Waals surface area contributed by atoms with E-state index < -0.39 is 0 Å². The van der Waals surface area contributed by atoms with Crippen LogP contribution in [0.5, 0.6) is 5.75 Å². The lowest BCUT2D eigenvalue weighted by Gasteiger charge is -2.31. The summed E-state index contributed by atoms with van der Waals surface area (Å²) < 4.78 is 30.4. The summed E-state index contributed by atoms with van der Waals surface area (Å²) >= 11 is 0. The van der Waals surface area contributed by atoms with E-state index in [0.717, 1.165) is 17.5 Å². The molecule has 8 heteroatoms. The third-order valence-electron chi connectivity index (χ3n) is 6.23. The molecule has 1 saturated heterocycles. The number of methoxy groups -OCH3 is 1. The van der Waals surface area contributed by atoms with Crippen LogP contribution in [0, 0.1) is 5.82 Å². The molecule has 180 valence electrons. The van der Waals surface area contributed by atoms with Crippen molar-refractivity contribution in [2.45, 2.75) is 32.9 Å². The molecule has 1 unspecified atom stereocenters. The number of ether oxygens (including phenoxy) is 2. The van der Waals surface area contributed by atoms with Crippen molar-refractivity contribution in [3.8, 4) is 17.0 Å². The van der Waals surface area contributed by atoms with E-state index in [9.17, 15) is 9.18 Å². The summed E-state index contributed by atoms with van der Waals surface area (Å²) in [7, 11) is 1.56. The number of halogens is 1. The van der Waals surface area contributed by atoms with E-state index in [0.29, 0.717) is 49.2 Å². The van der Waals surface area contributed by atoms with Gasteiger partial charge in [0.25, 0.3) is 5.91 Å². The van der Waals surface area contributed by atoms with Gasteiger partial charge in [0.1, 0.15) is 17.3 Å². The Hall–Kier alpha value is -3.39. The monoisotopic (exact) mass is 467 g/mol. The molecule has 0 N–H and O–H groups in total. The van der Waals surface area contributed by atoms with Crippen molar-refractivity contribution < 1.29 is 23.2 Å². The number of anilines is 1. The zero-order valence-corrected chi connectivity index (χ0v) is 19.8. The van der Waals surface area contributed by atoms with Gasteiger partial charge in [-0.2, -0.15) is 0 Å². The van der Waals surface area contributed by atoms with Crippen LogP contribution in [0.2, 0.25) is 0 Å². The Morgan fingerprint density at radius 3 is 2.56 bits per heavy atom. The molecule has 1 aliphatic rings. The number of hydrogen-bond acceptors (Lipinski definition) is 6. The second-order valence-electron chi connectivity index (χ2n) is 8.31. The Labute approximate surface area is 199 Å². The summed E-state index contributed by atoms with van der Waals surface area (Å²) in [6.45, 7) is 6.85. The van der Waals surface area contributed by atoms with Crippen molar-refractivity contribution in [2.75, 3.05) is 38.3 Å². The SMILES string of the molecule is CCC(C)N(Cc1c(-c2ccc(F)cc2)noc1N1CCOCC1)C(=O)c1ccccc1OC. The van der Waals surface area contributed by atoms with Crippen LogP contribution in [-0.4, -0.2) is 55.4 Å². The largest absolute Gasteiger partial charge is 0.496 e. The van der Waals surface area contributed by atoms with E-state index in [1.165, 1.54) is 12.1 Å². The summed E-state index contributed by atoms with van der Waals surface area (Å²) in [4.78, 5) is 17.6. The van der Waals surface area contributed by atoms with Gasteiger partial charge in [-0.25, -0.2) is 4.39 Å². The Morgan fingerprint density at radius 2 is 1.88 bits per heavy atom. The minimum Gasteiger partial charge on any atom is -0.496 e. The fourth-order valence-electron chi connectivity index (χ4n) is 4.09. The number of para-hydroxylation sites is 1. The van der Waals surface area contributed by atoms with Gasteiger partial charge in [-0.05, 0) is 49.7 Å². The first kappa shape index (κ1) is 23.8. The number of morpholine rings is 1. The van der Waals surface area contributed by atoms with E-state index in [2.05, 4.69) is 10.1 Å². The number of aromatic nitrogens is 1. The summed E-state index contributed by atoms with van der Waals surface area (Å²) in [5, 5.41) is 4.35. The third-order valence-corrected chi connectivity index (χ3v) is 6.23. The number of benzene rings is 2. The maximum absolute atomic E-state index is 13.7. The molecule has 0 spiro atoms. The molecule has 0 aliphatic carbocycles. The van der Waals surface area contributed by atoms with Gasteiger partial charge in [-0.3, -0.25) is 4.79 Å². The molecular weight excluding hydrogens is 437 g/mol. The quantitative estimate of drug-likeness (QED) is 0.476. The second kappa shape index (κ2) is 10.7. The van der Waals surface area contributed by atoms with Crippen LogP contribution in [0.4, 0.5) is 10.3 Å². The molecule has 2 aromatic carbocycles. The molecule has 3 aromatic rings. The molecule has 4 rings (SSSR count). The summed E-state index contributed by atoms with van der Waals surface area (Å²) in [6.07, 6.45) is 0.769. The van der Waals surface area contributed by atoms with Crippen molar-refractivity contribution >= 4 is 11.8 Å². The number of hydrogen-bond donors (Lipinski definition) is 0. The molecule has 1 fully saturated rings. The Kier molecular flexibility index (Phi) is 7.47. The van der Waals surface area contributed by atoms with Gasteiger partial charge in [-0.1, -0.05) is 24.2 Å². The van der Waals surface area contributed by atoms with E-state index in [1.807, 2.05) is 30.9 Å². The van der Waals surface area contributed by atoms with E-state index >= 15 is 0 Å². The Bertz CT molecular complexity index is 1110. The first-order valence-electron chi connectivity index (χ1n) is 11.5. The summed E-state index contributed by atoms with van der Waals surface area (Å²) in [6, 6.07) is 13.3. The normalized spacial score (nSPS) is 14.6. The predicted octanol–water partition coefficient (Wildman–Crippen LogP) is 4.77. The van der Waals surface area contributed by atoms with Crippen molar-refractivity contribution in [3.05, 3.63) is 65.5 Å². The van der Waals surface area contributed by atoms with Gasteiger partial charge in [0, 0.05) is 24.7 Å². The highest BCUT2D eigenvalue weighted by molar-refractivity contribution is 5.97. The fourth-order valence-corrected chi connectivity index (χ4v) is 4.09. The highest BCUT2D eigenvalue weighted by Gasteiger charge is 2.30. The van der Waals surface area contributed by atoms with Gasteiger partial charge in [0.15, 0.2) is 0 Å². The molecule has 1 amide bonds. The minimum absolute atomic E-state index is 0.0501. The topological polar surface area (TPSA) is 68.0 Å². The molecule has 0 radical (unpaired) electrons. The number of amides is 1. The number of carbonyl (C=O) groups is 1. The number of rotatable bonds is 8. The van der Waals surface area contributed by atoms with Crippen molar-refractivity contribution in [3.63, 3.8) is 0 Å². The molecule has 0 bridgehead atoms.